The summed E-state index contributed by atoms with van der Waals surface area (Å²) < 4.78 is 21.3. The fourth-order valence-electron chi connectivity index (χ4n) is 17.4. The second-order valence-corrected chi connectivity index (χ2v) is 25.7. The van der Waals surface area contributed by atoms with Gasteiger partial charge in [-0.3, -0.25) is 0 Å². The van der Waals surface area contributed by atoms with Gasteiger partial charge in [0.05, 0.1) is 16.6 Å². The molecule has 4 saturated heterocycles. The maximum atomic E-state index is 7.31. The van der Waals surface area contributed by atoms with Crippen LogP contribution in [0, 0.1) is 35.5 Å². The Labute approximate surface area is 324 Å². The van der Waals surface area contributed by atoms with E-state index in [1.165, 1.54) is 61.4 Å². The van der Waals surface area contributed by atoms with E-state index in [4.69, 9.17) is 14.2 Å². The fraction of sp³-hybridized carbons (Fsp3) is 0.750. The molecule has 0 aromatic heterocycles. The molecule has 2 aromatic rings. The Morgan fingerprint density at radius 1 is 0.623 bits per heavy atom. The van der Waals surface area contributed by atoms with Gasteiger partial charge in [0.25, 0.3) is 0 Å². The summed E-state index contributed by atoms with van der Waals surface area (Å²) in [6.45, 7) is 14.2. The number of hydrogen-bond acceptors (Lipinski definition) is 3. The second-order valence-electron chi connectivity index (χ2n) is 22.2. The van der Waals surface area contributed by atoms with E-state index in [1.54, 1.807) is 44.1 Å². The quantitative estimate of drug-likeness (QED) is 0.251. The number of benzene rings is 2. The molecule has 12 bridgehead atoms. The van der Waals surface area contributed by atoms with Gasteiger partial charge in [-0.2, -0.15) is 0 Å². The van der Waals surface area contributed by atoms with Crippen molar-refractivity contribution in [3.63, 3.8) is 0 Å². The van der Waals surface area contributed by atoms with Crippen LogP contribution in [-0.2, 0) is 31.2 Å². The SMILES string of the molecule is CC12CC3(C)OC(C)(CC(C)(O1)C3(CP)c1ccc(C(C)(C)c3ccccc3)cc1CP(C13CC4CC(CC(C4)C1)C3)C13CC4CC(CC(C4)C1)C3)O2. The van der Waals surface area contributed by atoms with Gasteiger partial charge < -0.3 is 14.2 Å². The minimum absolute atomic E-state index is 0.0908. The Balaban J connectivity index is 1.11. The summed E-state index contributed by atoms with van der Waals surface area (Å²) >= 11 is 0. The summed E-state index contributed by atoms with van der Waals surface area (Å²) in [5, 5.41) is 1.15. The maximum absolute atomic E-state index is 7.31. The summed E-state index contributed by atoms with van der Waals surface area (Å²) in [6.07, 6.45) is 22.2. The van der Waals surface area contributed by atoms with Crippen LogP contribution < -0.4 is 0 Å². The van der Waals surface area contributed by atoms with E-state index < -0.39 is 22.8 Å². The average Bonchev–Trinajstić information content (AvgIpc) is 3.05. The van der Waals surface area contributed by atoms with E-state index in [0.29, 0.717) is 10.3 Å². The van der Waals surface area contributed by atoms with Crippen molar-refractivity contribution < 1.29 is 14.2 Å². The van der Waals surface area contributed by atoms with Crippen LogP contribution in [0.4, 0.5) is 0 Å². The Bertz CT molecular complexity index is 1650. The molecular weight excluding hydrogens is 686 g/mol. The van der Waals surface area contributed by atoms with Gasteiger partial charge >= 0.3 is 0 Å². The lowest BCUT2D eigenvalue weighted by Gasteiger charge is -2.74. The highest BCUT2D eigenvalue weighted by molar-refractivity contribution is 7.60. The van der Waals surface area contributed by atoms with Gasteiger partial charge in [-0.25, -0.2) is 0 Å². The lowest BCUT2D eigenvalue weighted by Crippen LogP contribution is -2.84. The molecule has 5 atom stereocenters. The molecule has 12 fully saturated rings. The zero-order valence-corrected chi connectivity index (χ0v) is 35.7. The smallest absolute Gasteiger partial charge is 0.172 e. The highest BCUT2D eigenvalue weighted by Gasteiger charge is 2.78. The minimum atomic E-state index is -0.626. The molecule has 3 nitrogen and oxygen atoms in total. The topological polar surface area (TPSA) is 27.7 Å². The first kappa shape index (κ1) is 35.4. The maximum Gasteiger partial charge on any atom is 0.172 e. The van der Waals surface area contributed by atoms with Crippen LogP contribution in [-0.4, -0.2) is 39.3 Å². The molecule has 14 rings (SSSR count). The van der Waals surface area contributed by atoms with E-state index in [1.807, 2.05) is 0 Å². The third kappa shape index (κ3) is 4.89. The molecule has 0 amide bonds. The molecule has 286 valence electrons. The van der Waals surface area contributed by atoms with Gasteiger partial charge in [0.15, 0.2) is 11.6 Å². The molecule has 4 heterocycles. The normalized spacial score (nSPS) is 50.6. The third-order valence-electron chi connectivity index (χ3n) is 18.0. The van der Waals surface area contributed by atoms with Crippen LogP contribution in [0.15, 0.2) is 48.5 Å². The van der Waals surface area contributed by atoms with E-state index in [9.17, 15) is 0 Å². The highest BCUT2D eigenvalue weighted by Crippen LogP contribution is 2.80. The molecule has 8 saturated carbocycles. The van der Waals surface area contributed by atoms with Crippen molar-refractivity contribution >= 4 is 17.2 Å². The number of hydrogen-bond donors (Lipinski definition) is 0. The van der Waals surface area contributed by atoms with Crippen molar-refractivity contribution in [2.24, 2.45) is 35.5 Å². The van der Waals surface area contributed by atoms with Gasteiger partial charge in [-0.1, -0.05) is 70.3 Å². The number of rotatable bonds is 8. The summed E-state index contributed by atoms with van der Waals surface area (Å²) in [5.41, 5.74) is 4.86. The van der Waals surface area contributed by atoms with Crippen molar-refractivity contribution in [2.45, 2.75) is 182 Å². The summed E-state index contributed by atoms with van der Waals surface area (Å²) in [7, 11) is 3.02. The van der Waals surface area contributed by atoms with Crippen molar-refractivity contribution in [1.82, 2.24) is 0 Å². The standard InChI is InChI=1S/C48H66O3P2/c1-41(2,38-10-8-7-9-11-38)39-12-13-40(48(30-52)42(3)28-44(5)50-43(48,4)29-45(6,49-42)51-44)37(20-39)27-53(46-21-31-14-32(22-46)16-33(15-31)23-46)47-24-34-17-35(25-47)19-36(18-34)26-47/h7-13,20,31-36H,14-19,21-30,52H2,1-6H3. The van der Waals surface area contributed by atoms with Crippen molar-refractivity contribution in [2.75, 3.05) is 6.16 Å². The van der Waals surface area contributed by atoms with Crippen LogP contribution in [0.25, 0.3) is 0 Å². The lowest BCUT2D eigenvalue weighted by molar-refractivity contribution is -0.531. The van der Waals surface area contributed by atoms with E-state index >= 15 is 0 Å². The fourth-order valence-corrected chi connectivity index (χ4v) is 23.6. The Kier molecular flexibility index (Phi) is 7.48. The lowest BCUT2D eigenvalue weighted by atomic mass is 9.51. The van der Waals surface area contributed by atoms with Crippen molar-refractivity contribution in [1.29, 1.82) is 0 Å². The highest BCUT2D eigenvalue weighted by atomic mass is 31.1. The van der Waals surface area contributed by atoms with Crippen molar-refractivity contribution in [3.8, 4) is 0 Å². The molecule has 0 radical (unpaired) electrons. The Morgan fingerprint density at radius 2 is 1.08 bits per heavy atom. The zero-order valence-electron chi connectivity index (χ0n) is 33.6. The van der Waals surface area contributed by atoms with E-state index in [-0.39, 0.29) is 18.8 Å². The average molecular weight is 753 g/mol. The molecule has 8 aliphatic carbocycles. The first-order valence-corrected chi connectivity index (χ1v) is 24.2. The van der Waals surface area contributed by atoms with Crippen LogP contribution in [0.1, 0.15) is 154 Å². The summed E-state index contributed by atoms with van der Waals surface area (Å²) in [4.78, 5) is 0. The predicted octanol–water partition coefficient (Wildman–Crippen LogP) is 11.9. The van der Waals surface area contributed by atoms with Gasteiger partial charge in [-0.05, 0) is 185 Å². The summed E-state index contributed by atoms with van der Waals surface area (Å²) in [6, 6.07) is 19.2. The van der Waals surface area contributed by atoms with Crippen molar-refractivity contribution in [3.05, 3.63) is 70.8 Å². The first-order valence-electron chi connectivity index (χ1n) is 21.9. The van der Waals surface area contributed by atoms with E-state index in [2.05, 4.69) is 99.3 Å². The molecule has 5 heteroatoms. The van der Waals surface area contributed by atoms with Gasteiger partial charge in [0.1, 0.15) is 0 Å². The predicted molar refractivity (Wildman–Crippen MR) is 220 cm³/mol. The monoisotopic (exact) mass is 752 g/mol. The van der Waals surface area contributed by atoms with E-state index in [0.717, 1.165) is 54.5 Å². The molecule has 4 aliphatic heterocycles. The third-order valence-corrected chi connectivity index (χ3v) is 22.7. The van der Waals surface area contributed by atoms with Crippen LogP contribution >= 0.6 is 17.2 Å². The van der Waals surface area contributed by atoms with Gasteiger partial charge in [0, 0.05) is 18.3 Å². The second kappa shape index (κ2) is 11.2. The van der Waals surface area contributed by atoms with Crippen LogP contribution in [0.5, 0.6) is 0 Å². The molecule has 53 heavy (non-hydrogen) atoms. The largest absolute Gasteiger partial charge is 0.343 e. The minimum Gasteiger partial charge on any atom is -0.343 e. The Morgan fingerprint density at radius 3 is 1.51 bits per heavy atom. The molecule has 0 N–H and O–H groups in total. The molecule has 2 aromatic carbocycles. The summed E-state index contributed by atoms with van der Waals surface area (Å²) in [5.74, 6) is 4.70. The number of ether oxygens (including phenoxy) is 3. The molecular formula is C48H66O3P2. The van der Waals surface area contributed by atoms with Crippen LogP contribution in [0.2, 0.25) is 0 Å². The van der Waals surface area contributed by atoms with Gasteiger partial charge in [-0.15, -0.1) is 9.24 Å². The van der Waals surface area contributed by atoms with Crippen LogP contribution in [0.3, 0.4) is 0 Å². The van der Waals surface area contributed by atoms with Gasteiger partial charge in [0.2, 0.25) is 0 Å². The Hall–Kier alpha value is -0.820. The molecule has 12 aliphatic rings. The molecule has 0 spiro atoms. The molecule has 5 unspecified atom stereocenters. The zero-order chi connectivity index (χ0) is 36.4. The first-order chi connectivity index (χ1) is 25.1.